The number of nitrogens with zero attached hydrogens (tertiary/aromatic N) is 2. The van der Waals surface area contributed by atoms with E-state index in [1.807, 2.05) is 0 Å². The van der Waals surface area contributed by atoms with Crippen LogP contribution in [-0.4, -0.2) is 12.1 Å². The Morgan fingerprint density at radius 2 is 2.10 bits per heavy atom. The van der Waals surface area contributed by atoms with Crippen molar-refractivity contribution in [3.05, 3.63) is 12.7 Å². The highest BCUT2D eigenvalue weighted by molar-refractivity contribution is 5.81. The van der Waals surface area contributed by atoms with Crippen molar-refractivity contribution in [3.8, 4) is 12.1 Å². The molecule has 50 valence electrons. The molecule has 0 rings (SSSR count). The summed E-state index contributed by atoms with van der Waals surface area (Å²) in [5, 5.41) is 16.2. The van der Waals surface area contributed by atoms with E-state index in [4.69, 9.17) is 10.5 Å². The van der Waals surface area contributed by atoms with E-state index in [2.05, 4.69) is 11.3 Å². The van der Waals surface area contributed by atoms with Crippen LogP contribution in [0.5, 0.6) is 0 Å². The molecule has 0 unspecified atom stereocenters. The second-order valence-electron chi connectivity index (χ2n) is 1.28. The number of ether oxygens (including phenoxy) is 1. The summed E-state index contributed by atoms with van der Waals surface area (Å²) in [6.07, 6.45) is -0.438. The average molecular weight is 136 g/mol. The van der Waals surface area contributed by atoms with E-state index in [9.17, 15) is 4.79 Å². The summed E-state index contributed by atoms with van der Waals surface area (Å²) in [5.74, 6) is -0.770. The largest absolute Gasteiger partial charge is 0.429 e. The molecule has 4 nitrogen and oxygen atoms in total. The van der Waals surface area contributed by atoms with Crippen molar-refractivity contribution in [2.75, 3.05) is 0 Å². The Labute approximate surface area is 57.9 Å². The van der Waals surface area contributed by atoms with Crippen LogP contribution in [0.1, 0.15) is 0 Å². The van der Waals surface area contributed by atoms with Gasteiger partial charge < -0.3 is 4.74 Å². The normalized spacial score (nSPS) is 7.50. The quantitative estimate of drug-likeness (QED) is 0.399. The van der Waals surface area contributed by atoms with Crippen LogP contribution in [-0.2, 0) is 9.53 Å². The monoisotopic (exact) mass is 136 g/mol. The molecule has 0 aliphatic rings. The van der Waals surface area contributed by atoms with Crippen LogP contribution in [0.15, 0.2) is 12.7 Å². The molecular formula is C6H4N2O2. The predicted octanol–water partition coefficient (Wildman–Crippen LogP) is 0.131. The third-order valence-electron chi connectivity index (χ3n) is 0.635. The Kier molecular flexibility index (Phi) is 3.36. The number of hydrogen-bond acceptors (Lipinski definition) is 4. The van der Waals surface area contributed by atoms with E-state index >= 15 is 0 Å². The van der Waals surface area contributed by atoms with Gasteiger partial charge in [0.05, 0.1) is 0 Å². The van der Waals surface area contributed by atoms with Crippen LogP contribution in [0.3, 0.4) is 0 Å². The third-order valence-corrected chi connectivity index (χ3v) is 0.635. The molecule has 0 N–H and O–H groups in total. The van der Waals surface area contributed by atoms with Gasteiger partial charge in [-0.3, -0.25) is 0 Å². The number of nitriles is 2. The van der Waals surface area contributed by atoms with Gasteiger partial charge in [0.2, 0.25) is 0 Å². The fraction of sp³-hybridized carbons (Fsp3) is 0.167. The first-order chi connectivity index (χ1) is 4.74. The second-order valence-corrected chi connectivity index (χ2v) is 1.28. The molecule has 0 atom stereocenters. The molecule has 0 aromatic carbocycles. The highest BCUT2D eigenvalue weighted by Crippen LogP contribution is 1.88. The van der Waals surface area contributed by atoms with Gasteiger partial charge in [-0.25, -0.2) is 4.79 Å². The zero-order valence-electron chi connectivity index (χ0n) is 5.07. The lowest BCUT2D eigenvalue weighted by molar-refractivity contribution is -0.138. The first-order valence-electron chi connectivity index (χ1n) is 2.37. The summed E-state index contributed by atoms with van der Waals surface area (Å²) in [4.78, 5) is 10.3. The van der Waals surface area contributed by atoms with Crippen molar-refractivity contribution in [2.24, 2.45) is 0 Å². The summed E-state index contributed by atoms with van der Waals surface area (Å²) in [6, 6.07) is 2.93. The molecule has 0 aromatic heterocycles. The van der Waals surface area contributed by atoms with Gasteiger partial charge in [0.25, 0.3) is 6.10 Å². The van der Waals surface area contributed by atoms with E-state index in [0.29, 0.717) is 0 Å². The number of rotatable bonds is 2. The standard InChI is InChI=1S/C6H4N2O2/c1-2-6(9)10-5(3-7)4-8/h2,5H,1H2. The van der Waals surface area contributed by atoms with Crippen LogP contribution in [0, 0.1) is 22.7 Å². The van der Waals surface area contributed by atoms with Crippen LogP contribution < -0.4 is 0 Å². The van der Waals surface area contributed by atoms with Crippen LogP contribution in [0.4, 0.5) is 0 Å². The first-order valence-corrected chi connectivity index (χ1v) is 2.37. The minimum atomic E-state index is -1.33. The Morgan fingerprint density at radius 3 is 2.40 bits per heavy atom. The fourth-order valence-electron chi connectivity index (χ4n) is 0.246. The molecule has 4 heteroatoms. The molecule has 0 aliphatic heterocycles. The highest BCUT2D eigenvalue weighted by Gasteiger charge is 2.07. The topological polar surface area (TPSA) is 73.9 Å². The lowest BCUT2D eigenvalue weighted by Crippen LogP contribution is -2.11. The van der Waals surface area contributed by atoms with Crippen molar-refractivity contribution in [2.45, 2.75) is 6.10 Å². The van der Waals surface area contributed by atoms with Gasteiger partial charge in [-0.15, -0.1) is 0 Å². The number of hydrogen-bond donors (Lipinski definition) is 0. The van der Waals surface area contributed by atoms with Crippen LogP contribution >= 0.6 is 0 Å². The highest BCUT2D eigenvalue weighted by atomic mass is 16.5. The molecule has 0 heterocycles. The molecule has 0 aromatic rings. The molecule has 0 saturated carbocycles. The summed E-state index contributed by atoms with van der Waals surface area (Å²) < 4.78 is 4.22. The van der Waals surface area contributed by atoms with Crippen LogP contribution in [0.25, 0.3) is 0 Å². The Hall–Kier alpha value is -1.81. The maximum absolute atomic E-state index is 10.3. The zero-order chi connectivity index (χ0) is 7.98. The van der Waals surface area contributed by atoms with E-state index in [-0.39, 0.29) is 0 Å². The van der Waals surface area contributed by atoms with Gasteiger partial charge in [0, 0.05) is 6.08 Å². The average Bonchev–Trinajstić information content (AvgIpc) is 1.99. The first kappa shape index (κ1) is 8.19. The summed E-state index contributed by atoms with van der Waals surface area (Å²) in [5.41, 5.74) is 0. The number of esters is 1. The maximum Gasteiger partial charge on any atom is 0.332 e. The van der Waals surface area contributed by atoms with Crippen molar-refractivity contribution >= 4 is 5.97 Å². The molecule has 0 saturated heterocycles. The van der Waals surface area contributed by atoms with Gasteiger partial charge in [0.15, 0.2) is 0 Å². The van der Waals surface area contributed by atoms with E-state index < -0.39 is 12.1 Å². The molecule has 0 amide bonds. The number of carbonyl (C=O) groups excluding carboxylic acids is 1. The molecule has 0 radical (unpaired) electrons. The van der Waals surface area contributed by atoms with Crippen LogP contribution in [0.2, 0.25) is 0 Å². The summed E-state index contributed by atoms with van der Waals surface area (Å²) in [7, 11) is 0. The van der Waals surface area contributed by atoms with Crippen molar-refractivity contribution in [1.29, 1.82) is 10.5 Å². The van der Waals surface area contributed by atoms with Gasteiger partial charge in [-0.1, -0.05) is 6.58 Å². The van der Waals surface area contributed by atoms with Gasteiger partial charge >= 0.3 is 5.97 Å². The Morgan fingerprint density at radius 1 is 1.60 bits per heavy atom. The molecule has 10 heavy (non-hydrogen) atoms. The lowest BCUT2D eigenvalue weighted by Gasteiger charge is -1.97. The predicted molar refractivity (Wildman–Crippen MR) is 31.3 cm³/mol. The number of carbonyl (C=O) groups is 1. The zero-order valence-corrected chi connectivity index (χ0v) is 5.07. The van der Waals surface area contributed by atoms with E-state index in [1.165, 1.54) is 12.1 Å². The molecule has 0 fully saturated rings. The second kappa shape index (κ2) is 4.11. The third kappa shape index (κ3) is 2.49. The molecule has 0 spiro atoms. The summed E-state index contributed by atoms with van der Waals surface area (Å²) in [6.45, 7) is 3.09. The van der Waals surface area contributed by atoms with Crippen molar-refractivity contribution < 1.29 is 9.53 Å². The maximum atomic E-state index is 10.3. The molecule has 0 bridgehead atoms. The van der Waals surface area contributed by atoms with Gasteiger partial charge in [0.1, 0.15) is 12.1 Å². The van der Waals surface area contributed by atoms with E-state index in [1.54, 1.807) is 0 Å². The lowest BCUT2D eigenvalue weighted by atomic mass is 10.4. The SMILES string of the molecule is C=CC(=O)OC(C#N)C#N. The van der Waals surface area contributed by atoms with Gasteiger partial charge in [-0.05, 0) is 0 Å². The molecular weight excluding hydrogens is 132 g/mol. The summed E-state index contributed by atoms with van der Waals surface area (Å²) >= 11 is 0. The van der Waals surface area contributed by atoms with E-state index in [0.717, 1.165) is 6.08 Å². The fourth-order valence-corrected chi connectivity index (χ4v) is 0.246. The van der Waals surface area contributed by atoms with Gasteiger partial charge in [-0.2, -0.15) is 10.5 Å². The van der Waals surface area contributed by atoms with Crippen molar-refractivity contribution in [1.82, 2.24) is 0 Å². The Bertz CT molecular complexity index is 207. The van der Waals surface area contributed by atoms with Crippen molar-refractivity contribution in [3.63, 3.8) is 0 Å². The Balaban J connectivity index is 3.92. The minimum absolute atomic E-state index is 0.770. The molecule has 0 aliphatic carbocycles. The smallest absolute Gasteiger partial charge is 0.332 e. The minimum Gasteiger partial charge on any atom is -0.429 e.